The molecule has 1 saturated heterocycles. The van der Waals surface area contributed by atoms with Gasteiger partial charge in [-0.2, -0.15) is 0 Å². The Labute approximate surface area is 95.5 Å². The summed E-state index contributed by atoms with van der Waals surface area (Å²) in [5.41, 5.74) is 0.391. The minimum absolute atomic E-state index is 0.0787. The molecule has 0 aliphatic carbocycles. The van der Waals surface area contributed by atoms with Crippen LogP contribution in [0.25, 0.3) is 0 Å². The molecule has 16 heavy (non-hydrogen) atoms. The molecular formula is C12H17N3O. The minimum Gasteiger partial charge on any atom is -0.345 e. The maximum atomic E-state index is 11.9. The van der Waals surface area contributed by atoms with E-state index in [-0.39, 0.29) is 11.4 Å². The quantitative estimate of drug-likeness (QED) is 0.778. The van der Waals surface area contributed by atoms with Gasteiger partial charge in [0.2, 0.25) is 0 Å². The first-order chi connectivity index (χ1) is 7.70. The van der Waals surface area contributed by atoms with Gasteiger partial charge in [-0.05, 0) is 45.0 Å². The third-order valence-electron chi connectivity index (χ3n) is 3.02. The monoisotopic (exact) mass is 219 g/mol. The number of carbonyl (C=O) groups excluding carboxylic acids is 1. The molecule has 0 spiro atoms. The molecule has 0 unspecified atom stereocenters. The Balaban J connectivity index is 2.01. The van der Waals surface area contributed by atoms with E-state index in [1.165, 1.54) is 0 Å². The van der Waals surface area contributed by atoms with Crippen LogP contribution in [0.4, 0.5) is 0 Å². The molecule has 0 saturated carbocycles. The van der Waals surface area contributed by atoms with E-state index in [0.29, 0.717) is 5.69 Å². The lowest BCUT2D eigenvalue weighted by atomic mass is 9.90. The molecule has 1 aliphatic rings. The molecule has 1 aliphatic heterocycles. The summed E-state index contributed by atoms with van der Waals surface area (Å²) in [6.07, 6.45) is 3.57. The first kappa shape index (κ1) is 11.1. The predicted octanol–water partition coefficient (Wildman–Crippen LogP) is 0.953. The molecule has 0 aromatic carbocycles. The van der Waals surface area contributed by atoms with E-state index in [9.17, 15) is 4.79 Å². The van der Waals surface area contributed by atoms with Crippen LogP contribution in [0.15, 0.2) is 24.4 Å². The van der Waals surface area contributed by atoms with Gasteiger partial charge in [0.1, 0.15) is 5.69 Å². The molecule has 2 rings (SSSR count). The molecule has 2 heterocycles. The van der Waals surface area contributed by atoms with Crippen molar-refractivity contribution < 1.29 is 4.79 Å². The lowest BCUT2D eigenvalue weighted by molar-refractivity contribution is 0.0882. The second-order valence-corrected chi connectivity index (χ2v) is 4.48. The lowest BCUT2D eigenvalue weighted by Crippen LogP contribution is -2.52. The smallest absolute Gasteiger partial charge is 0.270 e. The van der Waals surface area contributed by atoms with E-state index < -0.39 is 0 Å². The van der Waals surface area contributed by atoms with E-state index in [2.05, 4.69) is 22.5 Å². The first-order valence-electron chi connectivity index (χ1n) is 5.64. The van der Waals surface area contributed by atoms with Crippen molar-refractivity contribution in [3.05, 3.63) is 30.1 Å². The fourth-order valence-corrected chi connectivity index (χ4v) is 1.94. The van der Waals surface area contributed by atoms with Crippen LogP contribution in [0.2, 0.25) is 0 Å². The maximum Gasteiger partial charge on any atom is 0.270 e. The fourth-order valence-electron chi connectivity index (χ4n) is 1.94. The SMILES string of the molecule is CC1(NC(=O)c2ccccn2)CCNCC1. The molecule has 1 fully saturated rings. The Morgan fingerprint density at radius 2 is 2.19 bits per heavy atom. The van der Waals surface area contributed by atoms with Gasteiger partial charge >= 0.3 is 0 Å². The summed E-state index contributed by atoms with van der Waals surface area (Å²) in [7, 11) is 0. The van der Waals surface area contributed by atoms with Crippen molar-refractivity contribution in [1.82, 2.24) is 15.6 Å². The van der Waals surface area contributed by atoms with Crippen LogP contribution < -0.4 is 10.6 Å². The number of amides is 1. The highest BCUT2D eigenvalue weighted by Gasteiger charge is 2.28. The van der Waals surface area contributed by atoms with E-state index in [1.807, 2.05) is 12.1 Å². The Morgan fingerprint density at radius 3 is 2.81 bits per heavy atom. The maximum absolute atomic E-state index is 11.9. The van der Waals surface area contributed by atoms with Crippen molar-refractivity contribution in [2.45, 2.75) is 25.3 Å². The van der Waals surface area contributed by atoms with Crippen LogP contribution in [0.5, 0.6) is 0 Å². The van der Waals surface area contributed by atoms with Gasteiger partial charge in [-0.25, -0.2) is 0 Å². The number of aromatic nitrogens is 1. The van der Waals surface area contributed by atoms with Crippen molar-refractivity contribution in [2.24, 2.45) is 0 Å². The van der Waals surface area contributed by atoms with Crippen LogP contribution in [0.3, 0.4) is 0 Å². The fraction of sp³-hybridized carbons (Fsp3) is 0.500. The van der Waals surface area contributed by atoms with E-state index in [1.54, 1.807) is 12.3 Å². The van der Waals surface area contributed by atoms with Crippen molar-refractivity contribution >= 4 is 5.91 Å². The average molecular weight is 219 g/mol. The van der Waals surface area contributed by atoms with Crippen LogP contribution in [0, 0.1) is 0 Å². The van der Waals surface area contributed by atoms with Gasteiger partial charge in [0.25, 0.3) is 5.91 Å². The Kier molecular flexibility index (Phi) is 3.19. The molecule has 0 radical (unpaired) electrons. The second kappa shape index (κ2) is 4.61. The average Bonchev–Trinajstić information content (AvgIpc) is 2.30. The number of nitrogens with one attached hydrogen (secondary N) is 2. The predicted molar refractivity (Wildman–Crippen MR) is 62.2 cm³/mol. The summed E-state index contributed by atoms with van der Waals surface area (Å²) in [4.78, 5) is 16.0. The summed E-state index contributed by atoms with van der Waals surface area (Å²) in [5, 5.41) is 6.36. The normalized spacial score (nSPS) is 19.1. The van der Waals surface area contributed by atoms with Gasteiger partial charge in [0, 0.05) is 11.7 Å². The summed E-state index contributed by atoms with van der Waals surface area (Å²) in [5.74, 6) is -0.0787. The van der Waals surface area contributed by atoms with Gasteiger partial charge < -0.3 is 10.6 Å². The highest BCUT2D eigenvalue weighted by Crippen LogP contribution is 2.17. The van der Waals surface area contributed by atoms with Crippen molar-refractivity contribution in [1.29, 1.82) is 0 Å². The summed E-state index contributed by atoms with van der Waals surface area (Å²) < 4.78 is 0. The van der Waals surface area contributed by atoms with Crippen LogP contribution in [0.1, 0.15) is 30.3 Å². The number of nitrogens with zero attached hydrogens (tertiary/aromatic N) is 1. The van der Waals surface area contributed by atoms with Gasteiger partial charge in [-0.15, -0.1) is 0 Å². The largest absolute Gasteiger partial charge is 0.345 e. The highest BCUT2D eigenvalue weighted by molar-refractivity contribution is 5.92. The number of carbonyl (C=O) groups is 1. The van der Waals surface area contributed by atoms with Gasteiger partial charge in [0.15, 0.2) is 0 Å². The molecule has 86 valence electrons. The molecule has 1 aromatic rings. The van der Waals surface area contributed by atoms with Gasteiger partial charge in [-0.1, -0.05) is 6.07 Å². The van der Waals surface area contributed by atoms with E-state index >= 15 is 0 Å². The van der Waals surface area contributed by atoms with Crippen molar-refractivity contribution in [3.8, 4) is 0 Å². The van der Waals surface area contributed by atoms with Crippen LogP contribution >= 0.6 is 0 Å². The second-order valence-electron chi connectivity index (χ2n) is 4.48. The zero-order valence-corrected chi connectivity index (χ0v) is 9.49. The third kappa shape index (κ3) is 2.58. The highest BCUT2D eigenvalue weighted by atomic mass is 16.2. The molecule has 4 heteroatoms. The third-order valence-corrected chi connectivity index (χ3v) is 3.02. The van der Waals surface area contributed by atoms with Crippen molar-refractivity contribution in [3.63, 3.8) is 0 Å². The number of pyridine rings is 1. The minimum atomic E-state index is -0.0974. The zero-order valence-electron chi connectivity index (χ0n) is 9.49. The number of piperidine rings is 1. The molecule has 2 N–H and O–H groups in total. The standard InChI is InChI=1S/C12H17N3O/c1-12(5-8-13-9-6-12)15-11(16)10-4-2-3-7-14-10/h2-4,7,13H,5-6,8-9H2,1H3,(H,15,16). The molecule has 1 amide bonds. The van der Waals surface area contributed by atoms with E-state index in [0.717, 1.165) is 25.9 Å². The molecule has 0 bridgehead atoms. The number of hydrogen-bond donors (Lipinski definition) is 2. The molecule has 1 aromatic heterocycles. The van der Waals surface area contributed by atoms with Gasteiger partial charge in [-0.3, -0.25) is 9.78 Å². The lowest BCUT2D eigenvalue weighted by Gasteiger charge is -2.34. The Bertz CT molecular complexity index is 358. The Morgan fingerprint density at radius 1 is 1.44 bits per heavy atom. The van der Waals surface area contributed by atoms with E-state index in [4.69, 9.17) is 0 Å². The number of hydrogen-bond acceptors (Lipinski definition) is 3. The zero-order chi connectivity index (χ0) is 11.4. The van der Waals surface area contributed by atoms with Gasteiger partial charge in [0.05, 0.1) is 0 Å². The van der Waals surface area contributed by atoms with Crippen molar-refractivity contribution in [2.75, 3.05) is 13.1 Å². The number of rotatable bonds is 2. The summed E-state index contributed by atoms with van der Waals surface area (Å²) >= 11 is 0. The summed E-state index contributed by atoms with van der Waals surface area (Å²) in [6.45, 7) is 4.01. The molecular weight excluding hydrogens is 202 g/mol. The summed E-state index contributed by atoms with van der Waals surface area (Å²) in [6, 6.07) is 5.37. The van der Waals surface area contributed by atoms with Crippen LogP contribution in [-0.2, 0) is 0 Å². The molecule has 4 nitrogen and oxygen atoms in total. The topological polar surface area (TPSA) is 54.0 Å². The Hall–Kier alpha value is -1.42. The first-order valence-corrected chi connectivity index (χ1v) is 5.64. The molecule has 0 atom stereocenters. The van der Waals surface area contributed by atoms with Crippen LogP contribution in [-0.4, -0.2) is 29.5 Å².